The lowest BCUT2D eigenvalue weighted by Crippen LogP contribution is -2.40. The predicted octanol–water partition coefficient (Wildman–Crippen LogP) is 3.08. The third kappa shape index (κ3) is 5.90. The highest BCUT2D eigenvalue weighted by atomic mass is 19.4. The van der Waals surface area contributed by atoms with Crippen molar-refractivity contribution in [2.75, 3.05) is 6.54 Å². The van der Waals surface area contributed by atoms with Crippen LogP contribution in [0.2, 0.25) is 0 Å². The Labute approximate surface area is 164 Å². The molecule has 1 amide bonds. The summed E-state index contributed by atoms with van der Waals surface area (Å²) in [5.74, 6) is -2.97. The van der Waals surface area contributed by atoms with Crippen LogP contribution < -0.4 is 5.43 Å². The Morgan fingerprint density at radius 1 is 1.28 bits per heavy atom. The molecule has 1 unspecified atom stereocenters. The third-order valence-corrected chi connectivity index (χ3v) is 4.32. The molecule has 2 aromatic rings. The maximum absolute atomic E-state index is 12.8. The lowest BCUT2D eigenvalue weighted by atomic mass is 9.98. The first-order chi connectivity index (χ1) is 13.6. The number of pyridine rings is 2. The SMILES string of the molecule is Cc1cc(=O)c(C(=O)N2CCCCC2c2ccccn2)c[nH]1.O=C(O)C(F)(F)F. The Bertz CT molecular complexity index is 913. The van der Waals surface area contributed by atoms with Gasteiger partial charge >= 0.3 is 12.1 Å². The average molecular weight is 411 g/mol. The van der Waals surface area contributed by atoms with Gasteiger partial charge in [0.05, 0.1) is 11.7 Å². The van der Waals surface area contributed by atoms with Crippen LogP contribution in [0.4, 0.5) is 13.2 Å². The monoisotopic (exact) mass is 411 g/mol. The largest absolute Gasteiger partial charge is 0.490 e. The van der Waals surface area contributed by atoms with Crippen molar-refractivity contribution in [3.05, 3.63) is 63.8 Å². The van der Waals surface area contributed by atoms with Gasteiger partial charge in [0.25, 0.3) is 5.91 Å². The fourth-order valence-corrected chi connectivity index (χ4v) is 2.95. The minimum Gasteiger partial charge on any atom is -0.475 e. The number of aromatic amines is 1. The van der Waals surface area contributed by atoms with Gasteiger partial charge in [0.15, 0.2) is 5.43 Å². The zero-order valence-electron chi connectivity index (χ0n) is 15.6. The van der Waals surface area contributed by atoms with Crippen LogP contribution in [0.3, 0.4) is 0 Å². The highest BCUT2D eigenvalue weighted by Gasteiger charge is 2.38. The highest BCUT2D eigenvalue weighted by Crippen LogP contribution is 2.30. The lowest BCUT2D eigenvalue weighted by molar-refractivity contribution is -0.192. The number of piperidine rings is 1. The number of alkyl halides is 3. The molecule has 0 saturated carbocycles. The molecule has 3 heterocycles. The molecule has 1 aliphatic heterocycles. The molecule has 0 bridgehead atoms. The van der Waals surface area contributed by atoms with E-state index in [2.05, 4.69) is 9.97 Å². The fourth-order valence-electron chi connectivity index (χ4n) is 2.95. The van der Waals surface area contributed by atoms with E-state index >= 15 is 0 Å². The standard InChI is InChI=1S/C17H19N3O2.C2HF3O2/c1-12-10-16(21)13(11-19-12)17(22)20-9-5-3-7-15(20)14-6-2-4-8-18-14;3-2(4,5)1(6)7/h2,4,6,8,10-11,15H,3,5,7,9H2,1H3,(H,19,21);(H,6,7). The number of aromatic nitrogens is 2. The van der Waals surface area contributed by atoms with E-state index in [1.807, 2.05) is 18.2 Å². The van der Waals surface area contributed by atoms with Crippen LogP contribution in [0.15, 0.2) is 41.5 Å². The van der Waals surface area contributed by atoms with Crippen LogP contribution >= 0.6 is 0 Å². The molecule has 0 spiro atoms. The number of hydrogen-bond donors (Lipinski definition) is 2. The summed E-state index contributed by atoms with van der Waals surface area (Å²) in [6.07, 6.45) is 1.08. The number of aliphatic carboxylic acids is 1. The van der Waals surface area contributed by atoms with E-state index in [0.717, 1.165) is 30.7 Å². The van der Waals surface area contributed by atoms with E-state index in [4.69, 9.17) is 9.90 Å². The van der Waals surface area contributed by atoms with Gasteiger partial charge in [0.2, 0.25) is 0 Å². The molecule has 0 aromatic carbocycles. The van der Waals surface area contributed by atoms with E-state index in [1.165, 1.54) is 12.3 Å². The molecule has 3 rings (SSSR count). The zero-order chi connectivity index (χ0) is 21.6. The maximum Gasteiger partial charge on any atom is 0.490 e. The van der Waals surface area contributed by atoms with Crippen molar-refractivity contribution >= 4 is 11.9 Å². The first kappa shape index (κ1) is 22.1. The van der Waals surface area contributed by atoms with Crippen molar-refractivity contribution in [3.63, 3.8) is 0 Å². The molecule has 0 radical (unpaired) electrons. The Morgan fingerprint density at radius 2 is 1.97 bits per heavy atom. The van der Waals surface area contributed by atoms with Gasteiger partial charge < -0.3 is 15.0 Å². The van der Waals surface area contributed by atoms with Gasteiger partial charge in [-0.15, -0.1) is 0 Å². The van der Waals surface area contributed by atoms with Crippen molar-refractivity contribution in [1.29, 1.82) is 0 Å². The first-order valence-corrected chi connectivity index (χ1v) is 8.82. The lowest BCUT2D eigenvalue weighted by Gasteiger charge is -2.35. The van der Waals surface area contributed by atoms with E-state index in [-0.39, 0.29) is 22.9 Å². The molecule has 1 saturated heterocycles. The quantitative estimate of drug-likeness (QED) is 0.791. The van der Waals surface area contributed by atoms with Crippen molar-refractivity contribution in [1.82, 2.24) is 14.9 Å². The van der Waals surface area contributed by atoms with Gasteiger partial charge in [-0.25, -0.2) is 4.79 Å². The van der Waals surface area contributed by atoms with Gasteiger partial charge in [-0.2, -0.15) is 13.2 Å². The normalized spacial score (nSPS) is 16.6. The molecular formula is C19H20F3N3O4. The fraction of sp³-hybridized carbons (Fsp3) is 0.368. The smallest absolute Gasteiger partial charge is 0.475 e. The summed E-state index contributed by atoms with van der Waals surface area (Å²) in [5.41, 5.74) is 1.61. The molecule has 10 heteroatoms. The maximum atomic E-state index is 12.8. The number of carboxylic acid groups (broad SMARTS) is 1. The molecule has 1 aliphatic rings. The summed E-state index contributed by atoms with van der Waals surface area (Å²) < 4.78 is 31.7. The predicted molar refractivity (Wildman–Crippen MR) is 97.4 cm³/mol. The van der Waals surface area contributed by atoms with Crippen molar-refractivity contribution in [2.24, 2.45) is 0 Å². The number of carboxylic acids is 1. The Hall–Kier alpha value is -3.17. The first-order valence-electron chi connectivity index (χ1n) is 8.82. The van der Waals surface area contributed by atoms with Crippen LogP contribution in [-0.2, 0) is 4.79 Å². The Morgan fingerprint density at radius 3 is 2.52 bits per heavy atom. The summed E-state index contributed by atoms with van der Waals surface area (Å²) in [6, 6.07) is 7.15. The summed E-state index contributed by atoms with van der Waals surface area (Å²) in [6.45, 7) is 2.46. The minimum atomic E-state index is -5.08. The molecule has 7 nitrogen and oxygen atoms in total. The van der Waals surface area contributed by atoms with Crippen molar-refractivity contribution in [2.45, 2.75) is 38.4 Å². The molecule has 2 N–H and O–H groups in total. The molecular weight excluding hydrogens is 391 g/mol. The van der Waals surface area contributed by atoms with E-state index < -0.39 is 12.1 Å². The van der Waals surface area contributed by atoms with Crippen molar-refractivity contribution < 1.29 is 27.9 Å². The second-order valence-corrected chi connectivity index (χ2v) is 6.46. The van der Waals surface area contributed by atoms with Crippen molar-refractivity contribution in [3.8, 4) is 0 Å². The van der Waals surface area contributed by atoms with E-state index in [1.54, 1.807) is 18.0 Å². The van der Waals surface area contributed by atoms with E-state index in [0.29, 0.717) is 6.54 Å². The van der Waals surface area contributed by atoms with E-state index in [9.17, 15) is 22.8 Å². The number of nitrogens with zero attached hydrogens (tertiary/aromatic N) is 2. The summed E-state index contributed by atoms with van der Waals surface area (Å²) >= 11 is 0. The highest BCUT2D eigenvalue weighted by molar-refractivity contribution is 5.94. The number of amides is 1. The Balaban J connectivity index is 0.000000370. The third-order valence-electron chi connectivity index (χ3n) is 4.32. The number of carbonyl (C=O) groups is 2. The number of aryl methyl sites for hydroxylation is 1. The topological polar surface area (TPSA) is 103 Å². The second kappa shape index (κ2) is 9.35. The molecule has 29 heavy (non-hydrogen) atoms. The number of nitrogens with one attached hydrogen (secondary N) is 1. The average Bonchev–Trinajstić information content (AvgIpc) is 2.68. The molecule has 0 aliphatic carbocycles. The van der Waals surface area contributed by atoms with Crippen LogP contribution in [-0.4, -0.2) is 44.6 Å². The summed E-state index contributed by atoms with van der Waals surface area (Å²) in [7, 11) is 0. The zero-order valence-corrected chi connectivity index (χ0v) is 15.6. The number of carbonyl (C=O) groups excluding carboxylic acids is 1. The number of rotatable bonds is 2. The van der Waals surface area contributed by atoms with Crippen LogP contribution in [0.25, 0.3) is 0 Å². The summed E-state index contributed by atoms with van der Waals surface area (Å²) in [4.78, 5) is 42.9. The molecule has 156 valence electrons. The number of likely N-dealkylation sites (tertiary alicyclic amines) is 1. The molecule has 1 atom stereocenters. The molecule has 1 fully saturated rings. The van der Waals surface area contributed by atoms with Gasteiger partial charge in [0.1, 0.15) is 5.56 Å². The van der Waals surface area contributed by atoms with Crippen LogP contribution in [0, 0.1) is 6.92 Å². The van der Waals surface area contributed by atoms with Gasteiger partial charge in [-0.3, -0.25) is 14.6 Å². The minimum absolute atomic E-state index is 0.0526. The van der Waals surface area contributed by atoms with Gasteiger partial charge in [0, 0.05) is 30.7 Å². The van der Waals surface area contributed by atoms with Crippen LogP contribution in [0.1, 0.15) is 47.1 Å². The van der Waals surface area contributed by atoms with Crippen LogP contribution in [0.5, 0.6) is 0 Å². The Kier molecular flexibility index (Phi) is 7.13. The van der Waals surface area contributed by atoms with Gasteiger partial charge in [-0.1, -0.05) is 6.07 Å². The summed E-state index contributed by atoms with van der Waals surface area (Å²) in [5, 5.41) is 7.12. The number of hydrogen-bond acceptors (Lipinski definition) is 4. The van der Waals surface area contributed by atoms with Gasteiger partial charge in [-0.05, 0) is 38.3 Å². The number of H-pyrrole nitrogens is 1. The molecule has 2 aromatic heterocycles. The second-order valence-electron chi connectivity index (χ2n) is 6.46. The number of halogens is 3.